The largest absolute Gasteiger partial charge is 0.382 e. The lowest BCUT2D eigenvalue weighted by molar-refractivity contribution is 0.0685. The van der Waals surface area contributed by atoms with E-state index in [4.69, 9.17) is 5.73 Å². The molecule has 2 N–H and O–H groups in total. The SMILES string of the molecule is CC1CCCN(C(=O)c2cc(-c3ccncc3)n3ncnc(N)c23)C1. The van der Waals surface area contributed by atoms with Gasteiger partial charge < -0.3 is 10.6 Å². The van der Waals surface area contributed by atoms with E-state index in [1.807, 2.05) is 23.1 Å². The second-order valence-corrected chi connectivity index (χ2v) is 6.58. The molecule has 4 rings (SSSR count). The van der Waals surface area contributed by atoms with Crippen LogP contribution >= 0.6 is 0 Å². The van der Waals surface area contributed by atoms with Crippen LogP contribution in [-0.4, -0.2) is 43.5 Å². The molecule has 1 amide bonds. The summed E-state index contributed by atoms with van der Waals surface area (Å²) in [6, 6.07) is 5.63. The van der Waals surface area contributed by atoms with Crippen LogP contribution in [0, 0.1) is 5.92 Å². The third-order valence-corrected chi connectivity index (χ3v) is 4.73. The molecule has 0 aromatic carbocycles. The van der Waals surface area contributed by atoms with Gasteiger partial charge in [-0.15, -0.1) is 0 Å². The fourth-order valence-electron chi connectivity index (χ4n) is 3.50. The third-order valence-electron chi connectivity index (χ3n) is 4.73. The number of aromatic nitrogens is 4. The van der Waals surface area contributed by atoms with E-state index in [0.29, 0.717) is 22.8 Å². The molecule has 7 heteroatoms. The van der Waals surface area contributed by atoms with E-state index >= 15 is 0 Å². The maximum atomic E-state index is 13.1. The summed E-state index contributed by atoms with van der Waals surface area (Å²) in [5.74, 6) is 0.814. The predicted molar refractivity (Wildman–Crippen MR) is 94.9 cm³/mol. The van der Waals surface area contributed by atoms with Crippen molar-refractivity contribution in [3.05, 3.63) is 42.5 Å². The summed E-state index contributed by atoms with van der Waals surface area (Å²) in [6.45, 7) is 3.73. The Balaban J connectivity index is 1.85. The fraction of sp³-hybridized carbons (Fsp3) is 0.333. The van der Waals surface area contributed by atoms with E-state index in [1.165, 1.54) is 6.33 Å². The highest BCUT2D eigenvalue weighted by Crippen LogP contribution is 2.29. The summed E-state index contributed by atoms with van der Waals surface area (Å²) in [5, 5.41) is 4.32. The van der Waals surface area contributed by atoms with Gasteiger partial charge in [0.2, 0.25) is 0 Å². The van der Waals surface area contributed by atoms with Gasteiger partial charge in [-0.1, -0.05) is 6.92 Å². The number of hydrogen-bond acceptors (Lipinski definition) is 5. The number of anilines is 1. The summed E-state index contributed by atoms with van der Waals surface area (Å²) in [5.41, 5.74) is 8.94. The summed E-state index contributed by atoms with van der Waals surface area (Å²) in [7, 11) is 0. The molecule has 1 aliphatic rings. The molecule has 0 aliphatic carbocycles. The molecule has 25 heavy (non-hydrogen) atoms. The average molecular weight is 336 g/mol. The minimum absolute atomic E-state index is 0.00847. The zero-order chi connectivity index (χ0) is 17.4. The van der Waals surface area contributed by atoms with Crippen molar-refractivity contribution in [2.75, 3.05) is 18.8 Å². The molecule has 7 nitrogen and oxygen atoms in total. The van der Waals surface area contributed by atoms with E-state index in [1.54, 1.807) is 16.9 Å². The highest BCUT2D eigenvalue weighted by Gasteiger charge is 2.27. The van der Waals surface area contributed by atoms with Gasteiger partial charge in [0.15, 0.2) is 5.82 Å². The lowest BCUT2D eigenvalue weighted by Gasteiger charge is -2.30. The Bertz CT molecular complexity index is 920. The van der Waals surface area contributed by atoms with Gasteiger partial charge in [0, 0.05) is 31.0 Å². The van der Waals surface area contributed by atoms with Crippen LogP contribution in [0.1, 0.15) is 30.1 Å². The molecule has 1 aliphatic heterocycles. The molecule has 1 atom stereocenters. The van der Waals surface area contributed by atoms with Crippen molar-refractivity contribution in [3.8, 4) is 11.3 Å². The molecule has 3 aromatic rings. The van der Waals surface area contributed by atoms with Crippen molar-refractivity contribution < 1.29 is 4.79 Å². The molecule has 0 spiro atoms. The number of carbonyl (C=O) groups excluding carboxylic acids is 1. The second-order valence-electron chi connectivity index (χ2n) is 6.58. The van der Waals surface area contributed by atoms with Crippen LogP contribution in [0.25, 0.3) is 16.8 Å². The monoisotopic (exact) mass is 336 g/mol. The average Bonchev–Trinajstić information content (AvgIpc) is 3.03. The molecule has 1 fully saturated rings. The van der Waals surface area contributed by atoms with Gasteiger partial charge in [0.05, 0.1) is 11.3 Å². The van der Waals surface area contributed by atoms with Gasteiger partial charge >= 0.3 is 0 Å². The molecule has 0 bridgehead atoms. The first kappa shape index (κ1) is 15.6. The number of rotatable bonds is 2. The molecule has 0 saturated carbocycles. The zero-order valence-corrected chi connectivity index (χ0v) is 14.1. The van der Waals surface area contributed by atoms with Gasteiger partial charge in [0.25, 0.3) is 5.91 Å². The molecule has 3 aromatic heterocycles. The Morgan fingerprint density at radius 1 is 1.32 bits per heavy atom. The molecule has 1 saturated heterocycles. The number of nitrogen functional groups attached to an aromatic ring is 1. The summed E-state index contributed by atoms with van der Waals surface area (Å²) < 4.78 is 1.69. The molecule has 1 unspecified atom stereocenters. The highest BCUT2D eigenvalue weighted by atomic mass is 16.2. The number of fused-ring (bicyclic) bond motifs is 1. The number of nitrogens with two attached hydrogens (primary N) is 1. The maximum absolute atomic E-state index is 13.1. The normalized spacial score (nSPS) is 17.8. The first-order valence-electron chi connectivity index (χ1n) is 8.47. The van der Waals surface area contributed by atoms with Crippen LogP contribution < -0.4 is 5.73 Å². The molecule has 128 valence electrons. The number of nitrogens with zero attached hydrogens (tertiary/aromatic N) is 5. The van der Waals surface area contributed by atoms with E-state index < -0.39 is 0 Å². The van der Waals surface area contributed by atoms with Crippen molar-refractivity contribution in [2.45, 2.75) is 19.8 Å². The van der Waals surface area contributed by atoms with Gasteiger partial charge in [-0.05, 0) is 37.0 Å². The Labute approximate surface area is 145 Å². The van der Waals surface area contributed by atoms with E-state index in [2.05, 4.69) is 22.0 Å². The first-order chi connectivity index (χ1) is 12.1. The Hall–Kier alpha value is -2.96. The third kappa shape index (κ3) is 2.71. The van der Waals surface area contributed by atoms with Crippen LogP contribution in [0.5, 0.6) is 0 Å². The zero-order valence-electron chi connectivity index (χ0n) is 14.1. The first-order valence-corrected chi connectivity index (χ1v) is 8.47. The second kappa shape index (κ2) is 6.16. The molecule has 0 radical (unpaired) electrons. The number of piperidine rings is 1. The Morgan fingerprint density at radius 3 is 2.88 bits per heavy atom. The van der Waals surface area contributed by atoms with Gasteiger partial charge in [0.1, 0.15) is 11.8 Å². The highest BCUT2D eigenvalue weighted by molar-refractivity contribution is 6.05. The summed E-state index contributed by atoms with van der Waals surface area (Å²) >= 11 is 0. The van der Waals surface area contributed by atoms with Gasteiger partial charge in [-0.3, -0.25) is 9.78 Å². The van der Waals surface area contributed by atoms with E-state index in [-0.39, 0.29) is 5.91 Å². The number of hydrogen-bond donors (Lipinski definition) is 1. The van der Waals surface area contributed by atoms with Crippen molar-refractivity contribution in [2.24, 2.45) is 5.92 Å². The van der Waals surface area contributed by atoms with Crippen molar-refractivity contribution in [1.82, 2.24) is 24.5 Å². The van der Waals surface area contributed by atoms with Gasteiger partial charge in [-0.2, -0.15) is 5.10 Å². The Kier molecular flexibility index (Phi) is 3.83. The molecular formula is C18H20N6O. The minimum Gasteiger partial charge on any atom is -0.382 e. The van der Waals surface area contributed by atoms with Crippen molar-refractivity contribution in [1.29, 1.82) is 0 Å². The molecule has 4 heterocycles. The standard InChI is InChI=1S/C18H20N6O/c1-12-3-2-8-23(10-12)18(25)14-9-15(13-4-6-20-7-5-13)24-16(14)17(19)21-11-22-24/h4-7,9,11-12H,2-3,8,10H2,1H3,(H2,19,21,22). The van der Waals surface area contributed by atoms with Crippen LogP contribution in [0.4, 0.5) is 5.82 Å². The predicted octanol–water partition coefficient (Wildman–Crippen LogP) is 2.25. The Morgan fingerprint density at radius 2 is 2.12 bits per heavy atom. The number of likely N-dealkylation sites (tertiary alicyclic amines) is 1. The van der Waals surface area contributed by atoms with Gasteiger partial charge in [-0.25, -0.2) is 9.50 Å². The fourth-order valence-corrected chi connectivity index (χ4v) is 3.50. The lowest BCUT2D eigenvalue weighted by atomic mass is 9.99. The van der Waals surface area contributed by atoms with E-state index in [9.17, 15) is 4.79 Å². The van der Waals surface area contributed by atoms with Crippen molar-refractivity contribution >= 4 is 17.2 Å². The minimum atomic E-state index is -0.00847. The van der Waals surface area contributed by atoms with Crippen molar-refractivity contribution in [3.63, 3.8) is 0 Å². The number of amides is 1. The number of carbonyl (C=O) groups is 1. The topological polar surface area (TPSA) is 89.4 Å². The van der Waals surface area contributed by atoms with E-state index in [0.717, 1.165) is 37.2 Å². The summed E-state index contributed by atoms with van der Waals surface area (Å²) in [4.78, 5) is 23.2. The van der Waals surface area contributed by atoms with Crippen LogP contribution in [0.2, 0.25) is 0 Å². The maximum Gasteiger partial charge on any atom is 0.256 e. The van der Waals surface area contributed by atoms with Crippen LogP contribution in [-0.2, 0) is 0 Å². The molecular weight excluding hydrogens is 316 g/mol. The smallest absolute Gasteiger partial charge is 0.256 e. The lowest BCUT2D eigenvalue weighted by Crippen LogP contribution is -2.39. The summed E-state index contributed by atoms with van der Waals surface area (Å²) in [6.07, 6.45) is 7.03. The quantitative estimate of drug-likeness (QED) is 0.775. The number of pyridine rings is 1. The van der Waals surface area contributed by atoms with Crippen LogP contribution in [0.3, 0.4) is 0 Å². The van der Waals surface area contributed by atoms with Crippen LogP contribution in [0.15, 0.2) is 36.9 Å².